The van der Waals surface area contributed by atoms with Crippen LogP contribution in [0, 0.1) is 19.8 Å². The summed E-state index contributed by atoms with van der Waals surface area (Å²) in [6.45, 7) is 4.16. The van der Waals surface area contributed by atoms with E-state index in [4.69, 9.17) is 0 Å². The lowest BCUT2D eigenvalue weighted by Crippen LogP contribution is -2.40. The largest absolute Gasteiger partial charge is 0.481 e. The van der Waals surface area contributed by atoms with E-state index >= 15 is 0 Å². The summed E-state index contributed by atoms with van der Waals surface area (Å²) in [4.78, 5) is 12.9. The second-order valence-corrected chi connectivity index (χ2v) is 5.95. The van der Waals surface area contributed by atoms with Crippen molar-refractivity contribution in [1.29, 1.82) is 0 Å². The van der Waals surface area contributed by atoms with E-state index in [9.17, 15) is 23.1 Å². The van der Waals surface area contributed by atoms with Crippen LogP contribution in [0.5, 0.6) is 0 Å². The third-order valence-electron chi connectivity index (χ3n) is 4.39. The first-order chi connectivity index (χ1) is 11.2. The van der Waals surface area contributed by atoms with Crippen molar-refractivity contribution in [2.75, 3.05) is 18.0 Å². The number of halogens is 3. The van der Waals surface area contributed by atoms with Crippen molar-refractivity contribution in [3.8, 4) is 0 Å². The van der Waals surface area contributed by atoms with Crippen LogP contribution in [0.1, 0.15) is 29.8 Å². The Labute approximate surface area is 135 Å². The van der Waals surface area contributed by atoms with Crippen LogP contribution in [0.2, 0.25) is 0 Å². The van der Waals surface area contributed by atoms with Gasteiger partial charge in [-0.05, 0) is 26.7 Å². The molecule has 1 unspecified atom stereocenters. The van der Waals surface area contributed by atoms with E-state index < -0.39 is 23.9 Å². The predicted octanol–water partition coefficient (Wildman–Crippen LogP) is 2.06. The smallest absolute Gasteiger partial charge is 0.453 e. The van der Waals surface area contributed by atoms with E-state index in [0.29, 0.717) is 40.8 Å². The number of hydrogen-bond acceptors (Lipinski definition) is 5. The number of carboxylic acid groups (broad SMARTS) is 1. The number of piperidine rings is 1. The van der Waals surface area contributed by atoms with Crippen molar-refractivity contribution >= 4 is 17.4 Å². The average molecular weight is 343 g/mol. The molecule has 130 valence electrons. The lowest BCUT2D eigenvalue weighted by atomic mass is 9.98. The maximum atomic E-state index is 13.1. The monoisotopic (exact) mass is 343 g/mol. The number of aliphatic carboxylic acids is 1. The lowest BCUT2D eigenvalue weighted by molar-refractivity contribution is -0.146. The Hall–Kier alpha value is -2.39. The number of carboxylic acids is 1. The minimum atomic E-state index is -4.67. The zero-order valence-corrected chi connectivity index (χ0v) is 13.1. The van der Waals surface area contributed by atoms with Gasteiger partial charge in [0.2, 0.25) is 0 Å². The summed E-state index contributed by atoms with van der Waals surface area (Å²) in [6.07, 6.45) is -3.48. The highest BCUT2D eigenvalue weighted by Gasteiger charge is 2.38. The van der Waals surface area contributed by atoms with Gasteiger partial charge in [-0.25, -0.2) is 0 Å². The molecular formula is C14H16F3N5O2. The number of rotatable bonds is 2. The maximum absolute atomic E-state index is 13.1. The third-order valence-corrected chi connectivity index (χ3v) is 4.39. The summed E-state index contributed by atoms with van der Waals surface area (Å²) in [5.74, 6) is -2.31. The summed E-state index contributed by atoms with van der Waals surface area (Å²) in [7, 11) is 0. The number of carbonyl (C=O) groups is 1. The second-order valence-electron chi connectivity index (χ2n) is 5.95. The maximum Gasteiger partial charge on any atom is 0.453 e. The van der Waals surface area contributed by atoms with Gasteiger partial charge in [0, 0.05) is 24.2 Å². The van der Waals surface area contributed by atoms with Crippen molar-refractivity contribution in [2.45, 2.75) is 32.9 Å². The van der Waals surface area contributed by atoms with Crippen LogP contribution in [0.3, 0.4) is 0 Å². The summed E-state index contributed by atoms with van der Waals surface area (Å²) < 4.78 is 39.9. The van der Waals surface area contributed by atoms with E-state index in [1.54, 1.807) is 18.7 Å². The van der Waals surface area contributed by atoms with Gasteiger partial charge in [0.05, 0.1) is 5.92 Å². The molecule has 1 fully saturated rings. The molecule has 0 aliphatic carbocycles. The molecule has 10 heteroatoms. The first kappa shape index (κ1) is 16.5. The van der Waals surface area contributed by atoms with Crippen molar-refractivity contribution in [1.82, 2.24) is 19.8 Å². The lowest BCUT2D eigenvalue weighted by Gasteiger charge is -2.32. The molecular weight excluding hydrogens is 327 g/mol. The number of aryl methyl sites for hydroxylation is 1. The zero-order chi connectivity index (χ0) is 17.6. The Kier molecular flexibility index (Phi) is 3.84. The van der Waals surface area contributed by atoms with E-state index in [2.05, 4.69) is 15.3 Å². The fourth-order valence-electron chi connectivity index (χ4n) is 2.96. The van der Waals surface area contributed by atoms with Crippen LogP contribution in [-0.2, 0) is 11.0 Å². The average Bonchev–Trinajstić information content (AvgIpc) is 2.95. The van der Waals surface area contributed by atoms with Crippen LogP contribution >= 0.6 is 0 Å². The molecule has 1 aliphatic heterocycles. The van der Waals surface area contributed by atoms with Crippen LogP contribution in [0.4, 0.5) is 19.0 Å². The van der Waals surface area contributed by atoms with Crippen molar-refractivity contribution in [3.05, 3.63) is 17.0 Å². The van der Waals surface area contributed by atoms with Crippen molar-refractivity contribution in [3.63, 3.8) is 0 Å². The normalized spacial score (nSPS) is 19.0. The minimum Gasteiger partial charge on any atom is -0.481 e. The molecule has 3 heterocycles. The van der Waals surface area contributed by atoms with Gasteiger partial charge in [0.25, 0.3) is 5.82 Å². The fraction of sp³-hybridized carbons (Fsp3) is 0.571. The highest BCUT2D eigenvalue weighted by atomic mass is 19.4. The molecule has 2 aromatic heterocycles. The molecule has 1 atom stereocenters. The summed E-state index contributed by atoms with van der Waals surface area (Å²) >= 11 is 0. The molecule has 3 rings (SSSR count). The molecule has 24 heavy (non-hydrogen) atoms. The quantitative estimate of drug-likeness (QED) is 0.899. The van der Waals surface area contributed by atoms with E-state index in [1.165, 1.54) is 0 Å². The van der Waals surface area contributed by atoms with E-state index in [-0.39, 0.29) is 12.2 Å². The summed E-state index contributed by atoms with van der Waals surface area (Å²) in [5.41, 5.74) is 1.27. The van der Waals surface area contributed by atoms with E-state index in [0.717, 1.165) is 0 Å². The zero-order valence-electron chi connectivity index (χ0n) is 13.1. The first-order valence-corrected chi connectivity index (χ1v) is 7.47. The Balaban J connectivity index is 2.11. The topological polar surface area (TPSA) is 83.6 Å². The van der Waals surface area contributed by atoms with Gasteiger partial charge in [-0.3, -0.25) is 4.79 Å². The molecule has 1 saturated heterocycles. The van der Waals surface area contributed by atoms with E-state index in [1.807, 2.05) is 0 Å². The molecule has 1 N–H and O–H groups in total. The molecule has 0 saturated carbocycles. The number of anilines is 1. The molecule has 0 radical (unpaired) electrons. The molecule has 0 aromatic carbocycles. The molecule has 1 aliphatic rings. The Bertz CT molecular complexity index is 802. The number of alkyl halides is 3. The summed E-state index contributed by atoms with van der Waals surface area (Å²) in [5, 5.41) is 20.1. The van der Waals surface area contributed by atoms with Crippen molar-refractivity contribution < 1.29 is 23.1 Å². The number of aromatic nitrogens is 4. The first-order valence-electron chi connectivity index (χ1n) is 7.47. The predicted molar refractivity (Wildman–Crippen MR) is 77.8 cm³/mol. The van der Waals surface area contributed by atoms with Crippen LogP contribution in [-0.4, -0.2) is 44.0 Å². The van der Waals surface area contributed by atoms with Gasteiger partial charge in [0.1, 0.15) is 0 Å². The number of hydrogen-bond donors (Lipinski definition) is 1. The van der Waals surface area contributed by atoms with Crippen LogP contribution < -0.4 is 4.90 Å². The fourth-order valence-corrected chi connectivity index (χ4v) is 2.96. The summed E-state index contributed by atoms with van der Waals surface area (Å²) in [6, 6.07) is 0. The molecule has 7 nitrogen and oxygen atoms in total. The van der Waals surface area contributed by atoms with Gasteiger partial charge < -0.3 is 10.0 Å². The van der Waals surface area contributed by atoms with Crippen LogP contribution in [0.15, 0.2) is 0 Å². The van der Waals surface area contributed by atoms with Gasteiger partial charge in [0.15, 0.2) is 11.5 Å². The van der Waals surface area contributed by atoms with Gasteiger partial charge in [-0.15, -0.1) is 15.3 Å². The molecule has 0 bridgehead atoms. The van der Waals surface area contributed by atoms with Crippen molar-refractivity contribution in [2.24, 2.45) is 5.92 Å². The second kappa shape index (κ2) is 5.60. The van der Waals surface area contributed by atoms with Gasteiger partial charge >= 0.3 is 12.1 Å². The minimum absolute atomic E-state index is 0.0513. The Morgan fingerprint density at radius 3 is 2.58 bits per heavy atom. The molecule has 2 aromatic rings. The highest BCUT2D eigenvalue weighted by molar-refractivity contribution is 5.71. The number of fused-ring (bicyclic) bond motifs is 1. The Morgan fingerprint density at radius 2 is 1.96 bits per heavy atom. The van der Waals surface area contributed by atoms with Crippen LogP contribution in [0.25, 0.3) is 5.65 Å². The third kappa shape index (κ3) is 2.65. The van der Waals surface area contributed by atoms with Gasteiger partial charge in [-0.2, -0.15) is 17.7 Å². The molecule has 0 amide bonds. The highest BCUT2D eigenvalue weighted by Crippen LogP contribution is 2.31. The SMILES string of the molecule is Cc1c(N2CCCC(C(=O)O)C2)nn2c(C(F)(F)F)nnc2c1C. The van der Waals surface area contributed by atoms with Gasteiger partial charge in [-0.1, -0.05) is 0 Å². The standard InChI is InChI=1S/C14H16F3N5O2/c1-7-8(2)11(21-5-3-4-9(6-21)12(23)24)20-22-10(7)18-19-13(22)14(15,16)17/h9H,3-6H2,1-2H3,(H,23,24). The number of nitrogens with zero attached hydrogens (tertiary/aromatic N) is 5. The molecule has 0 spiro atoms. The Morgan fingerprint density at radius 1 is 1.25 bits per heavy atom.